The van der Waals surface area contributed by atoms with Gasteiger partial charge in [0.25, 0.3) is 0 Å². The molecular formula is C26H35NO3S. The Morgan fingerprint density at radius 1 is 0.839 bits per heavy atom. The molecule has 1 N–H and O–H groups in total. The molecule has 0 aliphatic rings. The van der Waals surface area contributed by atoms with Gasteiger partial charge in [-0.2, -0.15) is 11.8 Å². The lowest BCUT2D eigenvalue weighted by Gasteiger charge is -2.09. The number of carbonyl (C=O) groups is 2. The van der Waals surface area contributed by atoms with E-state index in [0.29, 0.717) is 24.4 Å². The highest BCUT2D eigenvalue weighted by atomic mass is 32.2. The molecule has 0 heterocycles. The van der Waals surface area contributed by atoms with Gasteiger partial charge in [0.05, 0.1) is 5.75 Å². The molecule has 0 radical (unpaired) electrons. The van der Waals surface area contributed by atoms with E-state index in [0.717, 1.165) is 49.1 Å². The lowest BCUT2D eigenvalue weighted by atomic mass is 10.00. The number of ketones is 2. The van der Waals surface area contributed by atoms with E-state index in [1.165, 1.54) is 11.1 Å². The van der Waals surface area contributed by atoms with Crippen molar-refractivity contribution in [1.82, 2.24) is 4.90 Å². The lowest BCUT2D eigenvalue weighted by molar-refractivity contribution is -0.121. The Bertz CT molecular complexity index is 818. The Morgan fingerprint density at radius 2 is 1.45 bits per heavy atom. The smallest absolute Gasteiger partial charge is 0.162 e. The fourth-order valence-electron chi connectivity index (χ4n) is 3.37. The summed E-state index contributed by atoms with van der Waals surface area (Å²) in [5.74, 6) is 1.72. The Hall–Kier alpha value is -1.95. The molecule has 2 aromatic rings. The second-order valence-electron chi connectivity index (χ2n) is 8.29. The molecule has 0 aliphatic heterocycles. The highest BCUT2D eigenvalue weighted by molar-refractivity contribution is 7.99. The fraction of sp³-hybridized carbons (Fsp3) is 0.462. The number of Topliss-reactive ketones (excluding diaryl/α,β-unsaturated/α-hetero) is 2. The molecule has 0 amide bonds. The summed E-state index contributed by atoms with van der Waals surface area (Å²) in [6.45, 7) is 0.605. The first-order valence-electron chi connectivity index (χ1n) is 11.0. The van der Waals surface area contributed by atoms with Crippen LogP contribution in [0.3, 0.4) is 0 Å². The third kappa shape index (κ3) is 10.8. The highest BCUT2D eigenvalue weighted by Gasteiger charge is 2.06. The van der Waals surface area contributed by atoms with Crippen LogP contribution < -0.4 is 0 Å². The molecule has 0 saturated carbocycles. The third-order valence-corrected chi connectivity index (χ3v) is 6.12. The van der Waals surface area contributed by atoms with Crippen LogP contribution in [0, 0.1) is 0 Å². The number of rotatable bonds is 15. The minimum atomic E-state index is -0.396. The standard InChI is InChI=1S/C26H35NO3S/c1-27(2)14-15-31-20-26(30)18-24-9-5-8-22(16-24)7-4-3-6-21-10-12-23(13-11-21)17-25(29)19-28/h5,8-13,16,28H,3-4,6-7,14-15,17-20H2,1-2H3. The number of aryl methyl sites for hydroxylation is 2. The lowest BCUT2D eigenvalue weighted by Crippen LogP contribution is -2.16. The number of aliphatic hydroxyl groups excluding tert-OH is 1. The largest absolute Gasteiger partial charge is 0.389 e. The Morgan fingerprint density at radius 3 is 2.13 bits per heavy atom. The van der Waals surface area contributed by atoms with E-state index in [1.54, 1.807) is 11.8 Å². The van der Waals surface area contributed by atoms with Crippen LogP contribution in [-0.4, -0.2) is 60.3 Å². The van der Waals surface area contributed by atoms with E-state index in [-0.39, 0.29) is 5.78 Å². The van der Waals surface area contributed by atoms with Gasteiger partial charge in [-0.25, -0.2) is 0 Å². The number of benzene rings is 2. The molecular weight excluding hydrogens is 406 g/mol. The average Bonchev–Trinajstić information content (AvgIpc) is 2.75. The van der Waals surface area contributed by atoms with E-state index in [9.17, 15) is 9.59 Å². The van der Waals surface area contributed by atoms with Crippen molar-refractivity contribution in [1.29, 1.82) is 0 Å². The molecule has 168 valence electrons. The maximum Gasteiger partial charge on any atom is 0.162 e. The molecule has 31 heavy (non-hydrogen) atoms. The minimum Gasteiger partial charge on any atom is -0.389 e. The summed E-state index contributed by atoms with van der Waals surface area (Å²) in [6.07, 6.45) is 5.04. The van der Waals surface area contributed by atoms with E-state index >= 15 is 0 Å². The zero-order valence-corrected chi connectivity index (χ0v) is 19.6. The Labute approximate surface area is 191 Å². The Kier molecular flexibility index (Phi) is 11.6. The van der Waals surface area contributed by atoms with Gasteiger partial charge in [-0.15, -0.1) is 0 Å². The molecule has 2 aromatic carbocycles. The minimum absolute atomic E-state index is 0.153. The molecule has 2 rings (SSSR count). The Balaban J connectivity index is 1.69. The molecule has 0 fully saturated rings. The summed E-state index contributed by atoms with van der Waals surface area (Å²) in [4.78, 5) is 25.7. The first kappa shape index (κ1) is 25.3. The zero-order chi connectivity index (χ0) is 22.5. The molecule has 4 nitrogen and oxygen atoms in total. The van der Waals surface area contributed by atoms with Crippen LogP contribution in [0.5, 0.6) is 0 Å². The molecule has 0 spiro atoms. The van der Waals surface area contributed by atoms with Crippen molar-refractivity contribution in [2.24, 2.45) is 0 Å². The summed E-state index contributed by atoms with van der Waals surface area (Å²) in [7, 11) is 4.10. The van der Waals surface area contributed by atoms with E-state index in [2.05, 4.69) is 41.3 Å². The fourth-order valence-corrected chi connectivity index (χ4v) is 4.34. The maximum atomic E-state index is 12.2. The normalized spacial score (nSPS) is 11.1. The van der Waals surface area contributed by atoms with Crippen molar-refractivity contribution in [3.8, 4) is 0 Å². The summed E-state index contributed by atoms with van der Waals surface area (Å²) in [5, 5.41) is 8.84. The summed E-state index contributed by atoms with van der Waals surface area (Å²) in [6, 6.07) is 16.5. The van der Waals surface area contributed by atoms with Crippen molar-refractivity contribution < 1.29 is 14.7 Å². The maximum absolute atomic E-state index is 12.2. The second kappa shape index (κ2) is 14.2. The second-order valence-corrected chi connectivity index (χ2v) is 9.39. The van der Waals surface area contributed by atoms with Crippen LogP contribution in [0.1, 0.15) is 35.1 Å². The van der Waals surface area contributed by atoms with Gasteiger partial charge >= 0.3 is 0 Å². The number of unbranched alkanes of at least 4 members (excludes halogenated alkanes) is 1. The van der Waals surface area contributed by atoms with Gasteiger partial charge in [-0.1, -0.05) is 48.5 Å². The van der Waals surface area contributed by atoms with Crippen molar-refractivity contribution >= 4 is 23.3 Å². The highest BCUT2D eigenvalue weighted by Crippen LogP contribution is 2.14. The first-order chi connectivity index (χ1) is 15.0. The summed E-state index contributed by atoms with van der Waals surface area (Å²) >= 11 is 1.71. The van der Waals surface area contributed by atoms with Gasteiger partial charge in [-0.3, -0.25) is 9.59 Å². The summed E-state index contributed by atoms with van der Waals surface area (Å²) in [5.41, 5.74) is 4.63. The van der Waals surface area contributed by atoms with Crippen molar-refractivity contribution in [2.75, 3.05) is 38.8 Å². The van der Waals surface area contributed by atoms with Crippen LogP contribution in [-0.2, 0) is 35.3 Å². The topological polar surface area (TPSA) is 57.6 Å². The zero-order valence-electron chi connectivity index (χ0n) is 18.8. The molecule has 0 saturated heterocycles. The molecule has 0 atom stereocenters. The molecule has 0 unspecified atom stereocenters. The van der Waals surface area contributed by atoms with E-state index in [1.807, 2.05) is 26.2 Å². The molecule has 5 heteroatoms. The van der Waals surface area contributed by atoms with Crippen LogP contribution >= 0.6 is 11.8 Å². The molecule has 0 bridgehead atoms. The van der Waals surface area contributed by atoms with Crippen LogP contribution in [0.4, 0.5) is 0 Å². The van der Waals surface area contributed by atoms with Crippen molar-refractivity contribution in [3.63, 3.8) is 0 Å². The number of carbonyl (C=O) groups excluding carboxylic acids is 2. The van der Waals surface area contributed by atoms with Gasteiger partial charge in [0.1, 0.15) is 12.4 Å². The SMILES string of the molecule is CN(C)CCSCC(=O)Cc1cccc(CCCCc2ccc(CC(=O)CO)cc2)c1. The van der Waals surface area contributed by atoms with Gasteiger partial charge in [0.15, 0.2) is 5.78 Å². The monoisotopic (exact) mass is 441 g/mol. The number of hydrogen-bond acceptors (Lipinski definition) is 5. The van der Waals surface area contributed by atoms with Crippen LogP contribution in [0.25, 0.3) is 0 Å². The van der Waals surface area contributed by atoms with E-state index < -0.39 is 6.61 Å². The van der Waals surface area contributed by atoms with Crippen LogP contribution in [0.15, 0.2) is 48.5 Å². The molecule has 0 aromatic heterocycles. The average molecular weight is 442 g/mol. The van der Waals surface area contributed by atoms with E-state index in [4.69, 9.17) is 5.11 Å². The number of nitrogens with zero attached hydrogens (tertiary/aromatic N) is 1. The van der Waals surface area contributed by atoms with Crippen molar-refractivity contribution in [3.05, 3.63) is 70.8 Å². The third-order valence-electron chi connectivity index (χ3n) is 5.12. The predicted octanol–water partition coefficient (Wildman–Crippen LogP) is 3.76. The number of hydrogen-bond donors (Lipinski definition) is 1. The van der Waals surface area contributed by atoms with Crippen molar-refractivity contribution in [2.45, 2.75) is 38.5 Å². The number of aliphatic hydroxyl groups is 1. The first-order valence-corrected chi connectivity index (χ1v) is 12.1. The predicted molar refractivity (Wildman–Crippen MR) is 130 cm³/mol. The number of thioether (sulfide) groups is 1. The molecule has 0 aliphatic carbocycles. The van der Waals surface area contributed by atoms with Gasteiger partial charge in [0, 0.05) is 25.1 Å². The van der Waals surface area contributed by atoms with Gasteiger partial charge in [-0.05, 0) is 62.0 Å². The van der Waals surface area contributed by atoms with Crippen LogP contribution in [0.2, 0.25) is 0 Å². The quantitative estimate of drug-likeness (QED) is 0.427. The summed E-state index contributed by atoms with van der Waals surface area (Å²) < 4.78 is 0. The van der Waals surface area contributed by atoms with Gasteiger partial charge < -0.3 is 10.0 Å². The van der Waals surface area contributed by atoms with Gasteiger partial charge in [0.2, 0.25) is 0 Å².